The van der Waals surface area contributed by atoms with E-state index in [0.29, 0.717) is 24.2 Å². The van der Waals surface area contributed by atoms with E-state index in [-0.39, 0.29) is 5.91 Å². The minimum absolute atomic E-state index is 0.259. The van der Waals surface area contributed by atoms with Crippen LogP contribution in [-0.2, 0) is 14.8 Å². The second-order valence-corrected chi connectivity index (χ2v) is 7.34. The number of carbonyl (C=O) groups is 1. The van der Waals surface area contributed by atoms with Crippen LogP contribution in [0.2, 0.25) is 0 Å². The Morgan fingerprint density at radius 1 is 1.14 bits per heavy atom. The molecule has 1 amide bonds. The van der Waals surface area contributed by atoms with E-state index < -0.39 is 15.6 Å². The van der Waals surface area contributed by atoms with Gasteiger partial charge in [-0.25, -0.2) is 8.42 Å². The lowest BCUT2D eigenvalue weighted by Gasteiger charge is -2.32. The monoisotopic (exact) mass is 311 g/mol. The predicted molar refractivity (Wildman–Crippen MR) is 83.5 cm³/mol. The van der Waals surface area contributed by atoms with Crippen LogP contribution in [0.15, 0.2) is 24.3 Å². The Bertz CT molecular complexity index is 622. The Hall–Kier alpha value is -1.60. The summed E-state index contributed by atoms with van der Waals surface area (Å²) >= 11 is 0. The number of hydrogen-bond acceptors (Lipinski definition) is 4. The summed E-state index contributed by atoms with van der Waals surface area (Å²) in [4.78, 5) is 12.4. The molecule has 116 valence electrons. The van der Waals surface area contributed by atoms with Crippen molar-refractivity contribution in [3.63, 3.8) is 0 Å². The number of nitrogens with one attached hydrogen (secondary N) is 2. The summed E-state index contributed by atoms with van der Waals surface area (Å²) in [7, 11) is -3.41. The second kappa shape index (κ2) is 6.03. The summed E-state index contributed by atoms with van der Waals surface area (Å²) in [5.74, 6) is -0.259. The second-order valence-electron chi connectivity index (χ2n) is 5.59. The molecule has 0 spiro atoms. The number of carbonyl (C=O) groups excluding carboxylic acids is 1. The van der Waals surface area contributed by atoms with E-state index in [1.165, 1.54) is 0 Å². The van der Waals surface area contributed by atoms with Crippen molar-refractivity contribution in [2.45, 2.75) is 37.6 Å². The highest BCUT2D eigenvalue weighted by Gasteiger charge is 2.35. The first-order valence-electron chi connectivity index (χ1n) is 6.97. The van der Waals surface area contributed by atoms with Gasteiger partial charge in [0.2, 0.25) is 15.9 Å². The van der Waals surface area contributed by atoms with Gasteiger partial charge in [-0.15, -0.1) is 0 Å². The summed E-state index contributed by atoms with van der Waals surface area (Å²) in [6.45, 7) is 0. The molecular formula is C14H21N3O3S. The van der Waals surface area contributed by atoms with Crippen LogP contribution in [0.3, 0.4) is 0 Å². The minimum atomic E-state index is -3.41. The molecule has 1 aromatic rings. The summed E-state index contributed by atoms with van der Waals surface area (Å²) < 4.78 is 25.1. The SMILES string of the molecule is CS(=O)(=O)Nc1ccccc1NC(=O)C1(N)CCCCC1. The van der Waals surface area contributed by atoms with Gasteiger partial charge >= 0.3 is 0 Å². The lowest BCUT2D eigenvalue weighted by Crippen LogP contribution is -2.52. The fraction of sp³-hybridized carbons (Fsp3) is 0.500. The zero-order valence-electron chi connectivity index (χ0n) is 12.1. The van der Waals surface area contributed by atoms with Gasteiger partial charge < -0.3 is 11.1 Å². The molecule has 1 aliphatic rings. The maximum atomic E-state index is 12.4. The van der Waals surface area contributed by atoms with Crippen LogP contribution in [0.4, 0.5) is 11.4 Å². The molecule has 1 saturated carbocycles. The van der Waals surface area contributed by atoms with Gasteiger partial charge in [0.25, 0.3) is 0 Å². The lowest BCUT2D eigenvalue weighted by molar-refractivity contribution is -0.122. The fourth-order valence-corrected chi connectivity index (χ4v) is 3.11. The summed E-state index contributed by atoms with van der Waals surface area (Å²) in [6, 6.07) is 6.67. The van der Waals surface area contributed by atoms with Crippen molar-refractivity contribution in [2.24, 2.45) is 5.73 Å². The van der Waals surface area contributed by atoms with E-state index in [0.717, 1.165) is 25.5 Å². The van der Waals surface area contributed by atoms with Crippen molar-refractivity contribution in [1.29, 1.82) is 0 Å². The van der Waals surface area contributed by atoms with Crippen LogP contribution in [0.5, 0.6) is 0 Å². The van der Waals surface area contributed by atoms with Gasteiger partial charge in [-0.2, -0.15) is 0 Å². The number of hydrogen-bond donors (Lipinski definition) is 3. The molecule has 0 heterocycles. The average Bonchev–Trinajstić information content (AvgIpc) is 2.40. The predicted octanol–water partition coefficient (Wildman–Crippen LogP) is 1.66. The topological polar surface area (TPSA) is 101 Å². The molecule has 1 fully saturated rings. The van der Waals surface area contributed by atoms with Crippen LogP contribution < -0.4 is 15.8 Å². The molecule has 0 aliphatic heterocycles. The van der Waals surface area contributed by atoms with Crippen LogP contribution >= 0.6 is 0 Å². The number of para-hydroxylation sites is 2. The number of benzene rings is 1. The molecule has 2 rings (SSSR count). The largest absolute Gasteiger partial charge is 0.323 e. The van der Waals surface area contributed by atoms with Gasteiger partial charge in [0.15, 0.2) is 0 Å². The van der Waals surface area contributed by atoms with E-state index >= 15 is 0 Å². The van der Waals surface area contributed by atoms with Crippen molar-refractivity contribution in [2.75, 3.05) is 16.3 Å². The number of anilines is 2. The van der Waals surface area contributed by atoms with Gasteiger partial charge in [0.05, 0.1) is 23.2 Å². The minimum Gasteiger partial charge on any atom is -0.323 e. The maximum absolute atomic E-state index is 12.4. The molecule has 1 aliphatic carbocycles. The Morgan fingerprint density at radius 2 is 1.71 bits per heavy atom. The van der Waals surface area contributed by atoms with E-state index in [2.05, 4.69) is 10.0 Å². The van der Waals surface area contributed by atoms with E-state index in [4.69, 9.17) is 5.73 Å². The maximum Gasteiger partial charge on any atom is 0.244 e. The van der Waals surface area contributed by atoms with E-state index in [9.17, 15) is 13.2 Å². The zero-order valence-corrected chi connectivity index (χ0v) is 12.9. The standard InChI is InChI=1S/C14H21N3O3S/c1-21(19,20)17-12-8-4-3-7-11(12)16-13(18)14(15)9-5-2-6-10-14/h3-4,7-8,17H,2,5-6,9-10,15H2,1H3,(H,16,18). The number of nitrogens with two attached hydrogens (primary N) is 1. The van der Waals surface area contributed by atoms with Crippen molar-refractivity contribution in [1.82, 2.24) is 0 Å². The molecule has 7 heteroatoms. The van der Waals surface area contributed by atoms with Crippen molar-refractivity contribution in [3.05, 3.63) is 24.3 Å². The molecule has 0 saturated heterocycles. The molecule has 21 heavy (non-hydrogen) atoms. The highest BCUT2D eigenvalue weighted by molar-refractivity contribution is 7.92. The average molecular weight is 311 g/mol. The molecule has 1 aromatic carbocycles. The van der Waals surface area contributed by atoms with Crippen molar-refractivity contribution >= 4 is 27.3 Å². The molecule has 0 radical (unpaired) electrons. The normalized spacial score (nSPS) is 18.0. The van der Waals surface area contributed by atoms with Crippen molar-refractivity contribution < 1.29 is 13.2 Å². The van der Waals surface area contributed by atoms with Gasteiger partial charge in [0, 0.05) is 0 Å². The molecule has 0 atom stereocenters. The van der Waals surface area contributed by atoms with E-state index in [1.807, 2.05) is 0 Å². The third-order valence-corrected chi connectivity index (χ3v) is 4.26. The molecule has 0 unspecified atom stereocenters. The van der Waals surface area contributed by atoms with E-state index in [1.54, 1.807) is 24.3 Å². The Morgan fingerprint density at radius 3 is 2.29 bits per heavy atom. The first kappa shape index (κ1) is 15.8. The highest BCUT2D eigenvalue weighted by atomic mass is 32.2. The van der Waals surface area contributed by atoms with Crippen LogP contribution in [0.1, 0.15) is 32.1 Å². The molecule has 0 bridgehead atoms. The van der Waals surface area contributed by atoms with Gasteiger partial charge in [-0.05, 0) is 25.0 Å². The quantitative estimate of drug-likeness (QED) is 0.787. The molecular weight excluding hydrogens is 290 g/mol. The van der Waals surface area contributed by atoms with Crippen LogP contribution in [-0.4, -0.2) is 26.1 Å². The Kier molecular flexibility index (Phi) is 4.53. The smallest absolute Gasteiger partial charge is 0.244 e. The fourth-order valence-electron chi connectivity index (χ4n) is 2.54. The van der Waals surface area contributed by atoms with Crippen LogP contribution in [0.25, 0.3) is 0 Å². The first-order valence-corrected chi connectivity index (χ1v) is 8.86. The van der Waals surface area contributed by atoms with Gasteiger partial charge in [0.1, 0.15) is 0 Å². The van der Waals surface area contributed by atoms with Gasteiger partial charge in [-0.1, -0.05) is 31.4 Å². The summed E-state index contributed by atoms with van der Waals surface area (Å²) in [5.41, 5.74) is 6.07. The lowest BCUT2D eigenvalue weighted by atomic mass is 9.82. The van der Waals surface area contributed by atoms with Crippen LogP contribution in [0, 0.1) is 0 Å². The summed E-state index contributed by atoms with van der Waals surface area (Å²) in [5, 5.41) is 2.75. The first-order chi connectivity index (χ1) is 9.80. The highest BCUT2D eigenvalue weighted by Crippen LogP contribution is 2.29. The third kappa shape index (κ3) is 4.18. The van der Waals surface area contributed by atoms with Gasteiger partial charge in [-0.3, -0.25) is 9.52 Å². The zero-order chi connectivity index (χ0) is 15.5. The Labute approximate surface area is 125 Å². The third-order valence-electron chi connectivity index (χ3n) is 3.67. The summed E-state index contributed by atoms with van der Waals surface area (Å²) in [6.07, 6.45) is 5.34. The number of sulfonamides is 1. The molecule has 4 N–H and O–H groups in total. The molecule has 0 aromatic heterocycles. The van der Waals surface area contributed by atoms with Crippen molar-refractivity contribution in [3.8, 4) is 0 Å². The number of amides is 1. The number of rotatable bonds is 4. The molecule has 6 nitrogen and oxygen atoms in total. The Balaban J connectivity index is 2.17.